The monoisotopic (exact) mass is 391 g/mol. The summed E-state index contributed by atoms with van der Waals surface area (Å²) in [5.74, 6) is 0.261. The summed E-state index contributed by atoms with van der Waals surface area (Å²) in [5, 5.41) is 14.3. The van der Waals surface area contributed by atoms with E-state index in [1.165, 1.54) is 6.08 Å². The number of aromatic nitrogens is 2. The minimum absolute atomic E-state index is 0.00516. The van der Waals surface area contributed by atoms with Gasteiger partial charge in [-0.3, -0.25) is 4.79 Å². The molecule has 6 heteroatoms. The number of halogens is 1. The molecule has 0 spiro atoms. The van der Waals surface area contributed by atoms with Gasteiger partial charge in [0.25, 0.3) is 0 Å². The van der Waals surface area contributed by atoms with Crippen LogP contribution in [0.1, 0.15) is 27.2 Å². The van der Waals surface area contributed by atoms with Crippen LogP contribution in [0.25, 0.3) is 6.08 Å². The van der Waals surface area contributed by atoms with Crippen molar-refractivity contribution in [1.29, 1.82) is 5.26 Å². The second kappa shape index (κ2) is 8.55. The first-order chi connectivity index (χ1) is 13.5. The van der Waals surface area contributed by atoms with Crippen LogP contribution in [0, 0.1) is 18.3 Å². The predicted octanol–water partition coefficient (Wildman–Crippen LogP) is 4.69. The smallest absolute Gasteiger partial charge is 0.203 e. The average Bonchev–Trinajstić information content (AvgIpc) is 2.99. The number of rotatable bonds is 6. The van der Waals surface area contributed by atoms with Gasteiger partial charge in [0.1, 0.15) is 22.5 Å². The molecule has 3 rings (SSSR count). The van der Waals surface area contributed by atoms with E-state index < -0.39 is 0 Å². The predicted molar refractivity (Wildman–Crippen MR) is 108 cm³/mol. The molecule has 1 aromatic heterocycles. The summed E-state index contributed by atoms with van der Waals surface area (Å²) in [6, 6.07) is 18.4. The maximum Gasteiger partial charge on any atom is 0.203 e. The Kier molecular flexibility index (Phi) is 5.93. The molecule has 0 aliphatic rings. The van der Waals surface area contributed by atoms with Gasteiger partial charge in [0.05, 0.1) is 19.3 Å². The van der Waals surface area contributed by atoms with Crippen molar-refractivity contribution < 1.29 is 9.53 Å². The van der Waals surface area contributed by atoms with Crippen LogP contribution in [0.2, 0.25) is 5.15 Å². The molecule has 0 amide bonds. The van der Waals surface area contributed by atoms with Gasteiger partial charge < -0.3 is 4.74 Å². The van der Waals surface area contributed by atoms with Crippen LogP contribution in [0.15, 0.2) is 60.2 Å². The molecular formula is C22H18ClN3O2. The topological polar surface area (TPSA) is 67.9 Å². The molecule has 0 unspecified atom stereocenters. The summed E-state index contributed by atoms with van der Waals surface area (Å²) < 4.78 is 6.75. The molecule has 0 atom stereocenters. The molecule has 3 aromatic rings. The molecule has 2 aromatic carbocycles. The Morgan fingerprint density at radius 3 is 2.50 bits per heavy atom. The number of ketones is 1. The SMILES string of the molecule is COc1ccc(C(=O)/C(C#N)=C/c2c(C)nn(Cc3ccccc3)c2Cl)cc1. The van der Waals surface area contributed by atoms with Gasteiger partial charge in [0, 0.05) is 11.1 Å². The summed E-state index contributed by atoms with van der Waals surface area (Å²) in [5.41, 5.74) is 2.66. The van der Waals surface area contributed by atoms with Crippen molar-refractivity contribution in [2.24, 2.45) is 0 Å². The van der Waals surface area contributed by atoms with Crippen molar-refractivity contribution in [3.63, 3.8) is 0 Å². The molecule has 0 radical (unpaired) electrons. The number of nitrogens with zero attached hydrogens (tertiary/aromatic N) is 3. The highest BCUT2D eigenvalue weighted by atomic mass is 35.5. The van der Waals surface area contributed by atoms with Crippen molar-refractivity contribution >= 4 is 23.5 Å². The van der Waals surface area contributed by atoms with Crippen LogP contribution in [-0.4, -0.2) is 22.7 Å². The van der Waals surface area contributed by atoms with Gasteiger partial charge in [0.15, 0.2) is 0 Å². The van der Waals surface area contributed by atoms with Crippen LogP contribution in [0.4, 0.5) is 0 Å². The minimum atomic E-state index is -0.378. The lowest BCUT2D eigenvalue weighted by Gasteiger charge is -2.04. The molecule has 0 fully saturated rings. The first-order valence-electron chi connectivity index (χ1n) is 8.61. The van der Waals surface area contributed by atoms with Gasteiger partial charge in [-0.15, -0.1) is 0 Å². The van der Waals surface area contributed by atoms with Crippen LogP contribution in [-0.2, 0) is 6.54 Å². The van der Waals surface area contributed by atoms with Crippen LogP contribution in [0.5, 0.6) is 5.75 Å². The van der Waals surface area contributed by atoms with Gasteiger partial charge in [-0.1, -0.05) is 41.9 Å². The highest BCUT2D eigenvalue weighted by Crippen LogP contribution is 2.25. The van der Waals surface area contributed by atoms with Crippen molar-refractivity contribution in [2.75, 3.05) is 7.11 Å². The molecule has 140 valence electrons. The number of allylic oxidation sites excluding steroid dienone is 1. The number of methoxy groups -OCH3 is 1. The Bertz CT molecular complexity index is 1060. The van der Waals surface area contributed by atoms with Gasteiger partial charge in [0.2, 0.25) is 5.78 Å². The third-order valence-corrected chi connectivity index (χ3v) is 4.69. The average molecular weight is 392 g/mol. The number of hydrogen-bond acceptors (Lipinski definition) is 4. The zero-order valence-corrected chi connectivity index (χ0v) is 16.3. The van der Waals surface area contributed by atoms with Crippen LogP contribution in [0.3, 0.4) is 0 Å². The Morgan fingerprint density at radius 2 is 1.89 bits per heavy atom. The summed E-state index contributed by atoms with van der Waals surface area (Å²) in [4.78, 5) is 12.7. The molecule has 28 heavy (non-hydrogen) atoms. The van der Waals surface area contributed by atoms with E-state index in [4.69, 9.17) is 16.3 Å². The lowest BCUT2D eigenvalue weighted by atomic mass is 10.0. The van der Waals surface area contributed by atoms with Crippen molar-refractivity contribution in [1.82, 2.24) is 9.78 Å². The van der Waals surface area contributed by atoms with Crippen molar-refractivity contribution in [3.8, 4) is 11.8 Å². The number of Topliss-reactive ketones (excluding diaryl/α,β-unsaturated/α-hetero) is 1. The molecule has 0 saturated heterocycles. The van der Waals surface area contributed by atoms with Gasteiger partial charge in [-0.25, -0.2) is 4.68 Å². The zero-order chi connectivity index (χ0) is 20.1. The molecule has 0 saturated carbocycles. The third-order valence-electron chi connectivity index (χ3n) is 4.29. The Morgan fingerprint density at radius 1 is 1.21 bits per heavy atom. The summed E-state index contributed by atoms with van der Waals surface area (Å²) in [6.07, 6.45) is 1.50. The van der Waals surface area contributed by atoms with Crippen molar-refractivity contribution in [3.05, 3.63) is 87.7 Å². The molecule has 0 aliphatic heterocycles. The standard InChI is InChI=1S/C22H18ClN3O2/c1-15-20(22(23)26(25-15)14-16-6-4-3-5-7-16)12-18(13-24)21(27)17-8-10-19(28-2)11-9-17/h3-12H,14H2,1-2H3/b18-12+. The molecular weight excluding hydrogens is 374 g/mol. The van der Waals surface area contributed by atoms with E-state index in [-0.39, 0.29) is 11.4 Å². The number of carbonyl (C=O) groups excluding carboxylic acids is 1. The molecule has 1 heterocycles. The third kappa shape index (κ3) is 4.13. The number of benzene rings is 2. The van der Waals surface area contributed by atoms with E-state index in [2.05, 4.69) is 5.10 Å². The highest BCUT2D eigenvalue weighted by Gasteiger charge is 2.17. The Balaban J connectivity index is 1.92. The Labute approximate surface area is 168 Å². The van der Waals surface area contributed by atoms with Gasteiger partial charge >= 0.3 is 0 Å². The second-order valence-corrected chi connectivity index (χ2v) is 6.52. The molecule has 0 N–H and O–H groups in total. The summed E-state index contributed by atoms with van der Waals surface area (Å²) in [6.45, 7) is 2.30. The highest BCUT2D eigenvalue weighted by molar-refractivity contribution is 6.31. The summed E-state index contributed by atoms with van der Waals surface area (Å²) >= 11 is 6.49. The van der Waals surface area contributed by atoms with Crippen molar-refractivity contribution in [2.45, 2.75) is 13.5 Å². The minimum Gasteiger partial charge on any atom is -0.497 e. The van der Waals surface area contributed by atoms with E-state index in [9.17, 15) is 10.1 Å². The number of ether oxygens (including phenoxy) is 1. The number of nitriles is 1. The maximum atomic E-state index is 12.7. The van der Waals surface area contributed by atoms with Crippen LogP contribution < -0.4 is 4.74 Å². The number of hydrogen-bond donors (Lipinski definition) is 0. The lowest BCUT2D eigenvalue weighted by Crippen LogP contribution is -2.02. The fourth-order valence-electron chi connectivity index (χ4n) is 2.78. The fourth-order valence-corrected chi connectivity index (χ4v) is 3.07. The normalized spacial score (nSPS) is 11.1. The lowest BCUT2D eigenvalue weighted by molar-refractivity contribution is 0.104. The Hall–Kier alpha value is -3.36. The van der Waals surface area contributed by atoms with E-state index in [0.29, 0.717) is 34.3 Å². The molecule has 5 nitrogen and oxygen atoms in total. The van der Waals surface area contributed by atoms with E-state index in [1.54, 1.807) is 43.0 Å². The molecule has 0 bridgehead atoms. The first-order valence-corrected chi connectivity index (χ1v) is 8.98. The zero-order valence-electron chi connectivity index (χ0n) is 15.5. The maximum absolute atomic E-state index is 12.7. The van der Waals surface area contributed by atoms with Crippen LogP contribution >= 0.6 is 11.6 Å². The number of carbonyl (C=O) groups is 1. The quantitative estimate of drug-likeness (QED) is 0.347. The van der Waals surface area contributed by atoms with E-state index in [0.717, 1.165) is 5.56 Å². The number of aryl methyl sites for hydroxylation is 1. The first kappa shape index (κ1) is 19.4. The van der Waals surface area contributed by atoms with Gasteiger partial charge in [-0.2, -0.15) is 10.4 Å². The van der Waals surface area contributed by atoms with E-state index in [1.807, 2.05) is 36.4 Å². The summed E-state index contributed by atoms with van der Waals surface area (Å²) in [7, 11) is 1.55. The largest absolute Gasteiger partial charge is 0.497 e. The molecule has 0 aliphatic carbocycles. The van der Waals surface area contributed by atoms with Gasteiger partial charge in [-0.05, 0) is 42.8 Å². The van der Waals surface area contributed by atoms with E-state index >= 15 is 0 Å². The second-order valence-electron chi connectivity index (χ2n) is 6.16. The fraction of sp³-hybridized carbons (Fsp3) is 0.136.